The Morgan fingerprint density at radius 1 is 1.43 bits per heavy atom. The maximum atomic E-state index is 12.9. The number of nitrogens with zero attached hydrogens (tertiary/aromatic N) is 2. The number of carbonyl (C=O) groups excluding carboxylic acids is 1. The van der Waals surface area contributed by atoms with Crippen LogP contribution in [-0.2, 0) is 11.2 Å². The van der Waals surface area contributed by atoms with Gasteiger partial charge in [0.05, 0.1) is 24.1 Å². The molecule has 1 aromatic rings. The second-order valence-corrected chi connectivity index (χ2v) is 5.22. The molecule has 1 N–H and O–H groups in total. The predicted molar refractivity (Wildman–Crippen MR) is 68.5 cm³/mol. The topological polar surface area (TPSA) is 64.3 Å². The molecular weight excluding hydrogens is 285 g/mol. The summed E-state index contributed by atoms with van der Waals surface area (Å²) in [6.07, 6.45) is -4.94. The van der Waals surface area contributed by atoms with E-state index >= 15 is 0 Å². The number of fused-ring (bicyclic) bond motifs is 1. The minimum atomic E-state index is -4.86. The Balaban J connectivity index is 2.44. The summed E-state index contributed by atoms with van der Waals surface area (Å²) < 4.78 is 38.8. The molecule has 1 amide bonds. The molecule has 4 nitrogen and oxygen atoms in total. The van der Waals surface area contributed by atoms with Crippen molar-refractivity contribution in [1.29, 1.82) is 5.26 Å². The normalized spacial score (nSPS) is 18.9. The number of nitriles is 1. The van der Waals surface area contributed by atoms with Crippen molar-refractivity contribution in [3.05, 3.63) is 29.3 Å². The van der Waals surface area contributed by atoms with Gasteiger partial charge in [0.2, 0.25) is 5.91 Å². The van der Waals surface area contributed by atoms with Gasteiger partial charge in [-0.3, -0.25) is 4.79 Å². The molecule has 0 bridgehead atoms. The third-order valence-corrected chi connectivity index (χ3v) is 3.85. The zero-order valence-corrected chi connectivity index (χ0v) is 11.4. The molecule has 0 aromatic heterocycles. The van der Waals surface area contributed by atoms with E-state index in [0.717, 1.165) is 11.8 Å². The molecule has 21 heavy (non-hydrogen) atoms. The van der Waals surface area contributed by atoms with E-state index in [-0.39, 0.29) is 6.42 Å². The van der Waals surface area contributed by atoms with Gasteiger partial charge in [0.1, 0.15) is 0 Å². The van der Waals surface area contributed by atoms with Gasteiger partial charge in [0.25, 0.3) is 0 Å². The summed E-state index contributed by atoms with van der Waals surface area (Å²) in [6, 6.07) is 4.77. The van der Waals surface area contributed by atoms with E-state index in [4.69, 9.17) is 5.26 Å². The summed E-state index contributed by atoms with van der Waals surface area (Å²) >= 11 is 0. The summed E-state index contributed by atoms with van der Waals surface area (Å²) in [5.41, 5.74) is -1.91. The van der Waals surface area contributed by atoms with Gasteiger partial charge in [-0.05, 0) is 37.6 Å². The minimum Gasteiger partial charge on any atom is -0.379 e. The van der Waals surface area contributed by atoms with Crippen LogP contribution in [0.5, 0.6) is 0 Å². The number of halogens is 3. The number of benzene rings is 1. The molecule has 1 aromatic carbocycles. The smallest absolute Gasteiger partial charge is 0.379 e. The lowest BCUT2D eigenvalue weighted by Crippen LogP contribution is -2.58. The Hall–Kier alpha value is -2.07. The zero-order valence-electron chi connectivity index (χ0n) is 11.4. The number of hydrogen-bond acceptors (Lipinski definition) is 3. The fourth-order valence-electron chi connectivity index (χ4n) is 2.33. The Morgan fingerprint density at radius 2 is 2.05 bits per heavy atom. The standard InChI is InChI=1S/C14H13F3N2O2/c1-8(13(2,21)14(15,16)17)19-11-4-3-9(7-18)5-10(11)6-12(19)20/h3-5,8,21H,6H2,1-2H3/t8-,13+/m1/s1. The quantitative estimate of drug-likeness (QED) is 0.910. The van der Waals surface area contributed by atoms with Gasteiger partial charge >= 0.3 is 6.18 Å². The van der Waals surface area contributed by atoms with Crippen molar-refractivity contribution in [2.24, 2.45) is 0 Å². The van der Waals surface area contributed by atoms with Gasteiger partial charge in [-0.2, -0.15) is 18.4 Å². The van der Waals surface area contributed by atoms with Crippen LogP contribution in [0.25, 0.3) is 0 Å². The van der Waals surface area contributed by atoms with Crippen molar-refractivity contribution in [3.63, 3.8) is 0 Å². The van der Waals surface area contributed by atoms with Gasteiger partial charge in [-0.25, -0.2) is 0 Å². The first-order valence-electron chi connectivity index (χ1n) is 6.23. The summed E-state index contributed by atoms with van der Waals surface area (Å²) in [6.45, 7) is 1.80. The Bertz CT molecular complexity index is 632. The van der Waals surface area contributed by atoms with Crippen molar-refractivity contribution in [1.82, 2.24) is 0 Å². The Labute approximate surface area is 119 Å². The van der Waals surface area contributed by atoms with Crippen LogP contribution in [0.1, 0.15) is 25.0 Å². The third kappa shape index (κ3) is 2.36. The van der Waals surface area contributed by atoms with Gasteiger partial charge in [-0.15, -0.1) is 0 Å². The number of rotatable bonds is 2. The molecule has 0 saturated heterocycles. The lowest BCUT2D eigenvalue weighted by Gasteiger charge is -2.38. The van der Waals surface area contributed by atoms with E-state index in [1.165, 1.54) is 18.2 Å². The number of aliphatic hydroxyl groups is 1. The highest BCUT2D eigenvalue weighted by Crippen LogP contribution is 2.39. The number of amides is 1. The number of hydrogen-bond donors (Lipinski definition) is 1. The van der Waals surface area contributed by atoms with Crippen LogP contribution in [-0.4, -0.2) is 28.8 Å². The lowest BCUT2D eigenvalue weighted by atomic mass is 9.95. The first-order valence-corrected chi connectivity index (χ1v) is 6.23. The third-order valence-electron chi connectivity index (χ3n) is 3.85. The molecule has 0 aliphatic carbocycles. The van der Waals surface area contributed by atoms with E-state index in [1.807, 2.05) is 6.07 Å². The molecule has 0 unspecified atom stereocenters. The predicted octanol–water partition coefficient (Wildman–Crippen LogP) is 2.15. The number of carbonyl (C=O) groups is 1. The maximum absolute atomic E-state index is 12.9. The summed E-state index contributed by atoms with van der Waals surface area (Å²) in [4.78, 5) is 13.0. The molecule has 1 aliphatic heterocycles. The highest BCUT2D eigenvalue weighted by atomic mass is 19.4. The van der Waals surface area contributed by atoms with Crippen molar-refractivity contribution in [2.45, 2.75) is 38.1 Å². The Kier molecular flexibility index (Phi) is 3.46. The van der Waals surface area contributed by atoms with E-state index in [9.17, 15) is 23.1 Å². The van der Waals surface area contributed by atoms with Crippen LogP contribution in [0, 0.1) is 11.3 Å². The minimum absolute atomic E-state index is 0.0802. The van der Waals surface area contributed by atoms with Crippen molar-refractivity contribution < 1.29 is 23.1 Å². The summed E-state index contributed by atoms with van der Waals surface area (Å²) in [5, 5.41) is 18.6. The molecule has 0 fully saturated rings. The molecule has 0 spiro atoms. The Morgan fingerprint density at radius 3 is 2.57 bits per heavy atom. The van der Waals surface area contributed by atoms with Gasteiger partial charge < -0.3 is 10.0 Å². The van der Waals surface area contributed by atoms with Crippen LogP contribution < -0.4 is 4.90 Å². The van der Waals surface area contributed by atoms with Crippen molar-refractivity contribution >= 4 is 11.6 Å². The molecule has 2 atom stereocenters. The van der Waals surface area contributed by atoms with Crippen LogP contribution in [0.3, 0.4) is 0 Å². The lowest BCUT2D eigenvalue weighted by molar-refractivity contribution is -0.258. The van der Waals surface area contributed by atoms with E-state index in [0.29, 0.717) is 23.7 Å². The molecule has 2 rings (SSSR count). The molecule has 0 radical (unpaired) electrons. The molecule has 1 heterocycles. The molecule has 0 saturated carbocycles. The SMILES string of the molecule is C[C@@H](N1C(=O)Cc2cc(C#N)ccc21)[C@](C)(O)C(F)(F)F. The summed E-state index contributed by atoms with van der Waals surface area (Å²) in [5.74, 6) is -0.530. The molecular formula is C14H13F3N2O2. The molecule has 7 heteroatoms. The largest absolute Gasteiger partial charge is 0.418 e. The van der Waals surface area contributed by atoms with Gasteiger partial charge in [0.15, 0.2) is 5.60 Å². The second-order valence-electron chi connectivity index (χ2n) is 5.22. The van der Waals surface area contributed by atoms with E-state index < -0.39 is 23.7 Å². The van der Waals surface area contributed by atoms with Gasteiger partial charge in [0, 0.05) is 5.69 Å². The van der Waals surface area contributed by atoms with Crippen molar-refractivity contribution in [3.8, 4) is 6.07 Å². The van der Waals surface area contributed by atoms with Crippen LogP contribution in [0.4, 0.5) is 18.9 Å². The van der Waals surface area contributed by atoms with Crippen LogP contribution in [0.2, 0.25) is 0 Å². The monoisotopic (exact) mass is 298 g/mol. The van der Waals surface area contributed by atoms with Crippen LogP contribution in [0.15, 0.2) is 18.2 Å². The van der Waals surface area contributed by atoms with Gasteiger partial charge in [-0.1, -0.05) is 0 Å². The highest BCUT2D eigenvalue weighted by molar-refractivity contribution is 6.02. The number of anilines is 1. The van der Waals surface area contributed by atoms with Crippen molar-refractivity contribution in [2.75, 3.05) is 4.90 Å². The van der Waals surface area contributed by atoms with E-state index in [1.54, 1.807) is 0 Å². The van der Waals surface area contributed by atoms with E-state index in [2.05, 4.69) is 0 Å². The molecule has 1 aliphatic rings. The summed E-state index contributed by atoms with van der Waals surface area (Å²) in [7, 11) is 0. The highest BCUT2D eigenvalue weighted by Gasteiger charge is 2.56. The number of alkyl halides is 3. The average Bonchev–Trinajstić information content (AvgIpc) is 2.71. The second kappa shape index (κ2) is 4.74. The fourth-order valence-corrected chi connectivity index (χ4v) is 2.33. The fraction of sp³-hybridized carbons (Fsp3) is 0.429. The van der Waals surface area contributed by atoms with Crippen LogP contribution >= 0.6 is 0 Å². The average molecular weight is 298 g/mol. The molecule has 112 valence electrons. The first-order chi connectivity index (χ1) is 9.59. The maximum Gasteiger partial charge on any atom is 0.418 e. The first kappa shape index (κ1) is 15.3. The zero-order chi connectivity index (χ0) is 16.0.